The number of anilines is 1. The van der Waals surface area contributed by atoms with Crippen LogP contribution in [-0.2, 0) is 10.0 Å². The van der Waals surface area contributed by atoms with Crippen molar-refractivity contribution in [3.8, 4) is 0 Å². The first kappa shape index (κ1) is 14.6. The molecule has 0 bridgehead atoms. The van der Waals surface area contributed by atoms with Gasteiger partial charge in [0, 0.05) is 5.56 Å². The maximum Gasteiger partial charge on any atom is 0.261 e. The Morgan fingerprint density at radius 3 is 2.45 bits per heavy atom. The molecule has 0 heterocycles. The van der Waals surface area contributed by atoms with Gasteiger partial charge < -0.3 is 0 Å². The highest BCUT2D eigenvalue weighted by molar-refractivity contribution is 7.92. The van der Waals surface area contributed by atoms with Gasteiger partial charge in [-0.05, 0) is 31.2 Å². The average molecular weight is 310 g/mol. The van der Waals surface area contributed by atoms with E-state index in [1.807, 2.05) is 0 Å². The number of rotatable bonds is 4. The van der Waals surface area contributed by atoms with Crippen LogP contribution in [0.2, 0.25) is 5.02 Å². The molecule has 2 aromatic carbocycles. The molecule has 2 rings (SSSR count). The van der Waals surface area contributed by atoms with E-state index in [0.717, 1.165) is 0 Å². The van der Waals surface area contributed by atoms with Crippen LogP contribution in [0.15, 0.2) is 53.4 Å². The fraction of sp³-hybridized carbons (Fsp3) is 0.0714. The van der Waals surface area contributed by atoms with Gasteiger partial charge in [-0.1, -0.05) is 35.9 Å². The predicted octanol–water partition coefficient (Wildman–Crippen LogP) is 3.34. The standard InChI is InChI=1S/C14H12ClNO3S/c1-10(17)11-5-4-6-12(9-11)20(18,19)16-14-8-3-2-7-13(14)15/h2-9,16H,1H3. The minimum atomic E-state index is -3.78. The third-order valence-electron chi connectivity index (χ3n) is 2.67. The first-order valence-corrected chi connectivity index (χ1v) is 7.64. The molecule has 0 atom stereocenters. The van der Waals surface area contributed by atoms with Crippen LogP contribution < -0.4 is 4.72 Å². The molecule has 0 saturated carbocycles. The van der Waals surface area contributed by atoms with Crippen molar-refractivity contribution < 1.29 is 13.2 Å². The van der Waals surface area contributed by atoms with Crippen LogP contribution in [-0.4, -0.2) is 14.2 Å². The number of carbonyl (C=O) groups excluding carboxylic acids is 1. The summed E-state index contributed by atoms with van der Waals surface area (Å²) in [6, 6.07) is 12.4. The van der Waals surface area contributed by atoms with Gasteiger partial charge in [0.05, 0.1) is 15.6 Å². The summed E-state index contributed by atoms with van der Waals surface area (Å²) in [5.41, 5.74) is 0.634. The number of ketones is 1. The van der Waals surface area contributed by atoms with Gasteiger partial charge in [0.25, 0.3) is 10.0 Å². The summed E-state index contributed by atoms with van der Waals surface area (Å²) < 4.78 is 26.9. The molecule has 0 fully saturated rings. The zero-order chi connectivity index (χ0) is 14.8. The second-order valence-electron chi connectivity index (χ2n) is 4.17. The molecule has 104 valence electrons. The average Bonchev–Trinajstić information content (AvgIpc) is 2.41. The summed E-state index contributed by atoms with van der Waals surface area (Å²) in [5.74, 6) is -0.195. The maximum atomic E-state index is 12.2. The summed E-state index contributed by atoms with van der Waals surface area (Å²) in [5, 5.41) is 0.304. The lowest BCUT2D eigenvalue weighted by Crippen LogP contribution is -2.13. The first-order chi connectivity index (χ1) is 9.40. The molecular formula is C14H12ClNO3S. The van der Waals surface area contributed by atoms with Crippen LogP contribution in [0, 0.1) is 0 Å². The van der Waals surface area contributed by atoms with Gasteiger partial charge in [-0.15, -0.1) is 0 Å². The minimum Gasteiger partial charge on any atom is -0.295 e. The molecule has 0 saturated heterocycles. The molecule has 0 radical (unpaired) electrons. The number of nitrogens with one attached hydrogen (secondary N) is 1. The van der Waals surface area contributed by atoms with E-state index >= 15 is 0 Å². The topological polar surface area (TPSA) is 63.2 Å². The quantitative estimate of drug-likeness (QED) is 0.881. The van der Waals surface area contributed by atoms with Gasteiger partial charge in [-0.2, -0.15) is 0 Å². The van der Waals surface area contributed by atoms with Crippen LogP contribution >= 0.6 is 11.6 Å². The Labute approximate surface area is 122 Å². The minimum absolute atomic E-state index is 0.0186. The highest BCUT2D eigenvalue weighted by atomic mass is 35.5. The smallest absolute Gasteiger partial charge is 0.261 e. The molecule has 0 aliphatic carbocycles. The van der Waals surface area contributed by atoms with Crippen LogP contribution in [0.5, 0.6) is 0 Å². The van der Waals surface area contributed by atoms with E-state index in [9.17, 15) is 13.2 Å². The Kier molecular flexibility index (Phi) is 4.11. The number of halogens is 1. The molecule has 2 aromatic rings. The molecule has 0 unspecified atom stereocenters. The van der Waals surface area contributed by atoms with E-state index in [-0.39, 0.29) is 10.7 Å². The van der Waals surface area contributed by atoms with Gasteiger partial charge in [0.1, 0.15) is 0 Å². The van der Waals surface area contributed by atoms with Crippen molar-refractivity contribution in [1.82, 2.24) is 0 Å². The summed E-state index contributed by atoms with van der Waals surface area (Å²) >= 11 is 5.92. The normalized spacial score (nSPS) is 11.1. The second-order valence-corrected chi connectivity index (χ2v) is 6.26. The maximum absolute atomic E-state index is 12.2. The number of hydrogen-bond acceptors (Lipinski definition) is 3. The van der Waals surface area contributed by atoms with E-state index in [2.05, 4.69) is 4.72 Å². The number of carbonyl (C=O) groups is 1. The van der Waals surface area contributed by atoms with Crippen molar-refractivity contribution in [1.29, 1.82) is 0 Å². The third kappa shape index (κ3) is 3.18. The fourth-order valence-corrected chi connectivity index (χ4v) is 2.99. The zero-order valence-electron chi connectivity index (χ0n) is 10.6. The predicted molar refractivity (Wildman–Crippen MR) is 78.7 cm³/mol. The second kappa shape index (κ2) is 5.64. The van der Waals surface area contributed by atoms with Gasteiger partial charge in [0.2, 0.25) is 0 Å². The molecule has 0 amide bonds. The molecular weight excluding hydrogens is 298 g/mol. The SMILES string of the molecule is CC(=O)c1cccc(S(=O)(=O)Nc2ccccc2Cl)c1. The van der Waals surface area contributed by atoms with Crippen molar-refractivity contribution in [2.75, 3.05) is 4.72 Å². The number of sulfonamides is 1. The van der Waals surface area contributed by atoms with Gasteiger partial charge in [-0.3, -0.25) is 9.52 Å². The van der Waals surface area contributed by atoms with E-state index in [1.165, 1.54) is 25.1 Å². The number of para-hydroxylation sites is 1. The molecule has 1 N–H and O–H groups in total. The summed E-state index contributed by atoms with van der Waals surface area (Å²) in [4.78, 5) is 11.3. The van der Waals surface area contributed by atoms with E-state index in [4.69, 9.17) is 11.6 Å². The van der Waals surface area contributed by atoms with Crippen LogP contribution in [0.3, 0.4) is 0 Å². The molecule has 4 nitrogen and oxygen atoms in total. The number of Topliss-reactive ketones (excluding diaryl/α,β-unsaturated/α-hetero) is 1. The summed E-state index contributed by atoms with van der Waals surface area (Å²) in [6.07, 6.45) is 0. The number of benzene rings is 2. The van der Waals surface area contributed by atoms with Crippen molar-refractivity contribution >= 4 is 33.1 Å². The molecule has 6 heteroatoms. The van der Waals surface area contributed by atoms with Crippen molar-refractivity contribution in [3.05, 3.63) is 59.1 Å². The van der Waals surface area contributed by atoms with E-state index < -0.39 is 10.0 Å². The third-order valence-corrected chi connectivity index (χ3v) is 4.36. The van der Waals surface area contributed by atoms with Crippen molar-refractivity contribution in [3.63, 3.8) is 0 Å². The van der Waals surface area contributed by atoms with Gasteiger partial charge in [0.15, 0.2) is 5.78 Å². The number of hydrogen-bond donors (Lipinski definition) is 1. The zero-order valence-corrected chi connectivity index (χ0v) is 12.2. The van der Waals surface area contributed by atoms with Gasteiger partial charge >= 0.3 is 0 Å². The first-order valence-electron chi connectivity index (χ1n) is 5.78. The Morgan fingerprint density at radius 1 is 1.10 bits per heavy atom. The van der Waals surface area contributed by atoms with Gasteiger partial charge in [-0.25, -0.2) is 8.42 Å². The Bertz CT molecular complexity index is 757. The largest absolute Gasteiger partial charge is 0.295 e. The van der Waals surface area contributed by atoms with E-state index in [1.54, 1.807) is 30.3 Å². The molecule has 20 heavy (non-hydrogen) atoms. The lowest BCUT2D eigenvalue weighted by molar-refractivity contribution is 0.101. The fourth-order valence-electron chi connectivity index (χ4n) is 1.63. The Hall–Kier alpha value is -1.85. The van der Waals surface area contributed by atoms with E-state index in [0.29, 0.717) is 16.3 Å². The van der Waals surface area contributed by atoms with Crippen molar-refractivity contribution in [2.45, 2.75) is 11.8 Å². The van der Waals surface area contributed by atoms with Crippen LogP contribution in [0.4, 0.5) is 5.69 Å². The molecule has 0 aliphatic heterocycles. The summed E-state index contributed by atoms with van der Waals surface area (Å²) in [6.45, 7) is 1.38. The monoisotopic (exact) mass is 309 g/mol. The van der Waals surface area contributed by atoms with Crippen LogP contribution in [0.25, 0.3) is 0 Å². The Balaban J connectivity index is 2.38. The molecule has 0 aliphatic rings. The molecule has 0 aromatic heterocycles. The lowest BCUT2D eigenvalue weighted by atomic mass is 10.2. The lowest BCUT2D eigenvalue weighted by Gasteiger charge is -2.10. The highest BCUT2D eigenvalue weighted by Crippen LogP contribution is 2.24. The van der Waals surface area contributed by atoms with Crippen LogP contribution in [0.1, 0.15) is 17.3 Å². The molecule has 0 spiro atoms. The Morgan fingerprint density at radius 2 is 1.80 bits per heavy atom. The highest BCUT2D eigenvalue weighted by Gasteiger charge is 2.16. The van der Waals surface area contributed by atoms with Crippen molar-refractivity contribution in [2.24, 2.45) is 0 Å². The summed E-state index contributed by atoms with van der Waals surface area (Å²) in [7, 11) is -3.78.